The molecule has 0 amide bonds. The van der Waals surface area contributed by atoms with Crippen LogP contribution < -0.4 is 4.72 Å². The lowest BCUT2D eigenvalue weighted by Gasteiger charge is -2.22. The average molecular weight is 307 g/mol. The van der Waals surface area contributed by atoms with Crippen molar-refractivity contribution in [2.24, 2.45) is 5.41 Å². The van der Waals surface area contributed by atoms with Gasteiger partial charge in [-0.2, -0.15) is 0 Å². The molecule has 0 aliphatic carbocycles. The highest BCUT2D eigenvalue weighted by molar-refractivity contribution is 7.89. The average Bonchev–Trinajstić information content (AvgIpc) is 2.28. The van der Waals surface area contributed by atoms with E-state index in [1.165, 1.54) is 0 Å². The molecule has 1 aromatic carbocycles. The molecule has 0 heterocycles. The minimum atomic E-state index is -3.97. The van der Waals surface area contributed by atoms with Crippen molar-refractivity contribution in [2.45, 2.75) is 38.2 Å². The fraction of sp³-hybridized carbons (Fsp3) is 0.538. The molecule has 0 bridgehead atoms. The van der Waals surface area contributed by atoms with Crippen molar-refractivity contribution in [1.82, 2.24) is 4.72 Å². The van der Waals surface area contributed by atoms with Crippen molar-refractivity contribution in [3.05, 3.63) is 29.8 Å². The van der Waals surface area contributed by atoms with E-state index >= 15 is 0 Å². The summed E-state index contributed by atoms with van der Waals surface area (Å²) >= 11 is 0. The van der Waals surface area contributed by atoms with Gasteiger partial charge < -0.3 is 5.11 Å². The Morgan fingerprint density at radius 1 is 1.25 bits per heavy atom. The van der Waals surface area contributed by atoms with Crippen LogP contribution in [0.5, 0.6) is 0 Å². The minimum absolute atomic E-state index is 0.146. The maximum atomic E-state index is 13.0. The van der Waals surface area contributed by atoms with Crippen LogP contribution >= 0.6 is 0 Å². The number of hydrogen-bond acceptors (Lipinski definition) is 3. The molecule has 2 N–H and O–H groups in total. The maximum Gasteiger partial charge on any atom is 0.240 e. The van der Waals surface area contributed by atoms with Crippen molar-refractivity contribution in [3.8, 4) is 0 Å². The number of aliphatic hydroxyl groups excluding tert-OH is 1. The molecule has 20 heavy (non-hydrogen) atoms. The van der Waals surface area contributed by atoms with Crippen molar-refractivity contribution in [1.29, 1.82) is 0 Å². The van der Waals surface area contributed by atoms with E-state index in [1.54, 1.807) is 0 Å². The first-order valence-corrected chi connectivity index (χ1v) is 7.62. The lowest BCUT2D eigenvalue weighted by atomic mass is 9.89. The van der Waals surface area contributed by atoms with Crippen molar-refractivity contribution < 1.29 is 22.3 Å². The van der Waals surface area contributed by atoms with Crippen LogP contribution in [0.3, 0.4) is 0 Å². The van der Waals surface area contributed by atoms with Crippen molar-refractivity contribution >= 4 is 10.0 Å². The van der Waals surface area contributed by atoms with Gasteiger partial charge in [-0.3, -0.25) is 0 Å². The van der Waals surface area contributed by atoms with Gasteiger partial charge in [0.1, 0.15) is 0 Å². The molecule has 0 fully saturated rings. The molecule has 4 nitrogen and oxygen atoms in total. The topological polar surface area (TPSA) is 66.4 Å². The molecule has 1 rings (SSSR count). The predicted octanol–water partition coefficient (Wildman–Crippen LogP) is 2.04. The summed E-state index contributed by atoms with van der Waals surface area (Å²) < 4.78 is 51.7. The summed E-state index contributed by atoms with van der Waals surface area (Å²) in [6.45, 7) is 5.57. The number of hydrogen-bond donors (Lipinski definition) is 2. The molecule has 0 saturated carbocycles. The second kappa shape index (κ2) is 6.15. The summed E-state index contributed by atoms with van der Waals surface area (Å²) in [7, 11) is -3.97. The van der Waals surface area contributed by atoms with Crippen molar-refractivity contribution in [2.75, 3.05) is 6.54 Å². The van der Waals surface area contributed by atoms with Crippen LogP contribution in [-0.2, 0) is 10.0 Å². The molecule has 1 aromatic rings. The Hall–Kier alpha value is -1.05. The van der Waals surface area contributed by atoms with Crippen molar-refractivity contribution in [3.63, 3.8) is 0 Å². The SMILES string of the molecule is CC(C)(C)CC(O)CNS(=O)(=O)c1ccc(F)c(F)c1. The smallest absolute Gasteiger partial charge is 0.240 e. The van der Waals surface area contributed by atoms with Crippen LogP contribution in [0.25, 0.3) is 0 Å². The Morgan fingerprint density at radius 2 is 1.85 bits per heavy atom. The molecular formula is C13H19F2NO3S. The molecule has 0 spiro atoms. The van der Waals surface area contributed by atoms with E-state index in [9.17, 15) is 22.3 Å². The second-order valence-electron chi connectivity index (χ2n) is 5.85. The summed E-state index contributed by atoms with van der Waals surface area (Å²) in [5.41, 5.74) is -0.146. The quantitative estimate of drug-likeness (QED) is 0.875. The van der Waals surface area contributed by atoms with Gasteiger partial charge in [-0.15, -0.1) is 0 Å². The second-order valence-corrected chi connectivity index (χ2v) is 7.61. The van der Waals surface area contributed by atoms with Gasteiger partial charge in [-0.1, -0.05) is 20.8 Å². The van der Waals surface area contributed by atoms with Gasteiger partial charge in [0.2, 0.25) is 10.0 Å². The fourth-order valence-electron chi connectivity index (χ4n) is 1.71. The summed E-state index contributed by atoms with van der Waals surface area (Å²) in [6.07, 6.45) is -0.442. The largest absolute Gasteiger partial charge is 0.392 e. The summed E-state index contributed by atoms with van der Waals surface area (Å²) in [6, 6.07) is 2.32. The number of rotatable bonds is 5. The van der Waals surface area contributed by atoms with Crippen LogP contribution in [0.2, 0.25) is 0 Å². The fourth-order valence-corrected chi connectivity index (χ4v) is 2.80. The molecule has 0 saturated heterocycles. The van der Waals surface area contributed by atoms with E-state index < -0.39 is 27.8 Å². The van der Waals surface area contributed by atoms with Gasteiger partial charge in [0.25, 0.3) is 0 Å². The molecule has 7 heteroatoms. The zero-order chi connectivity index (χ0) is 15.6. The molecular weight excluding hydrogens is 288 g/mol. The number of sulfonamides is 1. The molecule has 0 aliphatic heterocycles. The highest BCUT2D eigenvalue weighted by Gasteiger charge is 2.21. The van der Waals surface area contributed by atoms with Crippen LogP contribution in [0.1, 0.15) is 27.2 Å². The first-order valence-electron chi connectivity index (χ1n) is 6.14. The lowest BCUT2D eigenvalue weighted by Crippen LogP contribution is -2.34. The van der Waals surface area contributed by atoms with E-state index in [1.807, 2.05) is 20.8 Å². The third kappa shape index (κ3) is 5.15. The van der Waals surface area contributed by atoms with Crippen LogP contribution in [0.15, 0.2) is 23.1 Å². The Bertz CT molecular complexity index is 567. The standard InChI is InChI=1S/C13H19F2NO3S/c1-13(2,3)7-9(17)8-16-20(18,19)10-4-5-11(14)12(15)6-10/h4-6,9,16-17H,7-8H2,1-3H3. The van der Waals surface area contributed by atoms with E-state index in [-0.39, 0.29) is 16.9 Å². The maximum absolute atomic E-state index is 13.0. The Morgan fingerprint density at radius 3 is 2.35 bits per heavy atom. The number of benzene rings is 1. The molecule has 114 valence electrons. The third-order valence-corrected chi connectivity index (χ3v) is 3.98. The first kappa shape index (κ1) is 17.0. The Balaban J connectivity index is 2.73. The highest BCUT2D eigenvalue weighted by atomic mass is 32.2. The lowest BCUT2D eigenvalue weighted by molar-refractivity contribution is 0.125. The van der Waals surface area contributed by atoms with Gasteiger partial charge in [-0.25, -0.2) is 21.9 Å². The minimum Gasteiger partial charge on any atom is -0.392 e. The number of aliphatic hydroxyl groups is 1. The third-order valence-electron chi connectivity index (χ3n) is 2.56. The molecule has 0 aliphatic rings. The first-order chi connectivity index (χ1) is 9.01. The highest BCUT2D eigenvalue weighted by Crippen LogP contribution is 2.20. The Labute approximate surface area is 117 Å². The van der Waals surface area contributed by atoms with Gasteiger partial charge in [0.15, 0.2) is 11.6 Å². The zero-order valence-electron chi connectivity index (χ0n) is 11.7. The summed E-state index contributed by atoms with van der Waals surface area (Å²) in [4.78, 5) is -0.376. The van der Waals surface area contributed by atoms with E-state index in [0.717, 1.165) is 12.1 Å². The van der Waals surface area contributed by atoms with E-state index in [4.69, 9.17) is 0 Å². The molecule has 0 radical (unpaired) electrons. The monoisotopic (exact) mass is 307 g/mol. The summed E-state index contributed by atoms with van der Waals surface area (Å²) in [5, 5.41) is 9.73. The molecule has 0 aromatic heterocycles. The van der Waals surface area contributed by atoms with Gasteiger partial charge >= 0.3 is 0 Å². The molecule has 1 unspecified atom stereocenters. The normalized spacial score (nSPS) is 14.3. The Kier molecular flexibility index (Phi) is 5.23. The van der Waals surface area contributed by atoms with E-state index in [0.29, 0.717) is 12.5 Å². The van der Waals surface area contributed by atoms with Crippen LogP contribution in [0.4, 0.5) is 8.78 Å². The van der Waals surface area contributed by atoms with E-state index in [2.05, 4.69) is 4.72 Å². The van der Waals surface area contributed by atoms with Crippen LogP contribution in [-0.4, -0.2) is 26.2 Å². The summed E-state index contributed by atoms with van der Waals surface area (Å²) in [5.74, 6) is -2.35. The zero-order valence-corrected chi connectivity index (χ0v) is 12.5. The number of halogens is 2. The van der Waals surface area contributed by atoms with Gasteiger partial charge in [0, 0.05) is 6.54 Å². The van der Waals surface area contributed by atoms with Crippen LogP contribution in [0, 0.1) is 17.0 Å². The van der Waals surface area contributed by atoms with Gasteiger partial charge in [-0.05, 0) is 30.0 Å². The number of nitrogens with one attached hydrogen (secondary N) is 1. The molecule has 1 atom stereocenters. The predicted molar refractivity (Wildman–Crippen MR) is 71.6 cm³/mol. The van der Waals surface area contributed by atoms with Gasteiger partial charge in [0.05, 0.1) is 11.0 Å².